The van der Waals surface area contributed by atoms with Crippen LogP contribution in [0.15, 0.2) is 42.5 Å². The van der Waals surface area contributed by atoms with Gasteiger partial charge in [0.15, 0.2) is 0 Å². The fourth-order valence-corrected chi connectivity index (χ4v) is 2.14. The molecular formula is C16H16F2N2O. The first-order valence-electron chi connectivity index (χ1n) is 6.55. The van der Waals surface area contributed by atoms with Crippen LogP contribution in [0.2, 0.25) is 0 Å². The van der Waals surface area contributed by atoms with Crippen molar-refractivity contribution >= 4 is 17.3 Å². The maximum absolute atomic E-state index is 13.7. The van der Waals surface area contributed by atoms with Crippen molar-refractivity contribution in [2.75, 3.05) is 10.6 Å². The average Bonchev–Trinajstić information content (AvgIpc) is 2.37. The zero-order chi connectivity index (χ0) is 15.4. The summed E-state index contributed by atoms with van der Waals surface area (Å²) in [5, 5.41) is 5.68. The van der Waals surface area contributed by atoms with Crippen LogP contribution in [-0.4, -0.2) is 5.91 Å². The summed E-state index contributed by atoms with van der Waals surface area (Å²) in [4.78, 5) is 11.0. The molecule has 3 nitrogen and oxygen atoms in total. The Bertz CT molecular complexity index is 638. The second-order valence-electron chi connectivity index (χ2n) is 4.76. The van der Waals surface area contributed by atoms with Gasteiger partial charge in [-0.1, -0.05) is 12.1 Å². The van der Waals surface area contributed by atoms with Gasteiger partial charge in [0, 0.05) is 23.9 Å². The van der Waals surface area contributed by atoms with Crippen LogP contribution in [-0.2, 0) is 4.79 Å². The highest BCUT2D eigenvalue weighted by atomic mass is 19.1. The molecule has 0 aliphatic rings. The number of carbonyl (C=O) groups excluding carboxylic acids is 1. The molecule has 1 atom stereocenters. The van der Waals surface area contributed by atoms with Crippen LogP contribution in [0, 0.1) is 11.6 Å². The fourth-order valence-electron chi connectivity index (χ4n) is 2.14. The Morgan fingerprint density at radius 3 is 2.24 bits per heavy atom. The predicted octanol–water partition coefficient (Wildman–Crippen LogP) is 4.10. The Morgan fingerprint density at radius 1 is 1.05 bits per heavy atom. The number of carbonyl (C=O) groups is 1. The summed E-state index contributed by atoms with van der Waals surface area (Å²) in [6, 6.07) is 10.2. The van der Waals surface area contributed by atoms with E-state index in [0.717, 1.165) is 0 Å². The summed E-state index contributed by atoms with van der Waals surface area (Å²) >= 11 is 0. The molecule has 5 heteroatoms. The monoisotopic (exact) mass is 290 g/mol. The highest BCUT2D eigenvalue weighted by Gasteiger charge is 2.15. The molecule has 0 bridgehead atoms. The van der Waals surface area contributed by atoms with Gasteiger partial charge in [0.25, 0.3) is 0 Å². The lowest BCUT2D eigenvalue weighted by molar-refractivity contribution is -0.114. The molecule has 0 spiro atoms. The van der Waals surface area contributed by atoms with Crippen LogP contribution in [0.25, 0.3) is 0 Å². The number of benzene rings is 2. The molecule has 0 aliphatic carbocycles. The Morgan fingerprint density at radius 2 is 1.62 bits per heavy atom. The molecule has 0 fully saturated rings. The molecule has 0 saturated heterocycles. The number of halogens is 2. The second kappa shape index (κ2) is 6.35. The first-order valence-corrected chi connectivity index (χ1v) is 6.55. The van der Waals surface area contributed by atoms with Crippen molar-refractivity contribution in [3.63, 3.8) is 0 Å². The minimum absolute atomic E-state index is 0.0116. The van der Waals surface area contributed by atoms with Gasteiger partial charge in [-0.15, -0.1) is 0 Å². The van der Waals surface area contributed by atoms with E-state index in [1.807, 2.05) is 0 Å². The Hall–Kier alpha value is -2.43. The Labute approximate surface area is 122 Å². The smallest absolute Gasteiger partial charge is 0.221 e. The predicted molar refractivity (Wildman–Crippen MR) is 79.1 cm³/mol. The molecule has 1 amide bonds. The maximum atomic E-state index is 13.7. The van der Waals surface area contributed by atoms with Crippen molar-refractivity contribution in [3.05, 3.63) is 59.7 Å². The summed E-state index contributed by atoms with van der Waals surface area (Å²) in [7, 11) is 0. The fraction of sp³-hybridized carbons (Fsp3) is 0.188. The van der Waals surface area contributed by atoms with Crippen molar-refractivity contribution in [1.29, 1.82) is 0 Å². The highest BCUT2D eigenvalue weighted by molar-refractivity contribution is 5.89. The van der Waals surface area contributed by atoms with Gasteiger partial charge >= 0.3 is 0 Å². The number of anilines is 2. The first-order chi connectivity index (χ1) is 9.97. The highest BCUT2D eigenvalue weighted by Crippen LogP contribution is 2.25. The second-order valence-corrected chi connectivity index (χ2v) is 4.76. The number of amides is 1. The quantitative estimate of drug-likeness (QED) is 0.890. The van der Waals surface area contributed by atoms with Gasteiger partial charge in [-0.3, -0.25) is 4.79 Å². The summed E-state index contributed by atoms with van der Waals surface area (Å²) in [5.74, 6) is -1.36. The lowest BCUT2D eigenvalue weighted by Gasteiger charge is -2.17. The zero-order valence-corrected chi connectivity index (χ0v) is 11.8. The summed E-state index contributed by atoms with van der Waals surface area (Å²) < 4.78 is 27.4. The van der Waals surface area contributed by atoms with E-state index in [9.17, 15) is 13.6 Å². The van der Waals surface area contributed by atoms with E-state index in [0.29, 0.717) is 11.4 Å². The van der Waals surface area contributed by atoms with E-state index in [4.69, 9.17) is 0 Å². The lowest BCUT2D eigenvalue weighted by Crippen LogP contribution is -2.11. The third kappa shape index (κ3) is 3.78. The summed E-state index contributed by atoms with van der Waals surface area (Å²) in [6.07, 6.45) is 0. The number of hydrogen-bond donors (Lipinski definition) is 2. The molecule has 0 radical (unpaired) electrons. The molecule has 2 N–H and O–H groups in total. The van der Waals surface area contributed by atoms with Gasteiger partial charge in [-0.05, 0) is 37.3 Å². The van der Waals surface area contributed by atoms with Crippen LogP contribution < -0.4 is 10.6 Å². The van der Waals surface area contributed by atoms with E-state index >= 15 is 0 Å². The van der Waals surface area contributed by atoms with E-state index in [1.165, 1.54) is 25.1 Å². The molecule has 0 heterocycles. The van der Waals surface area contributed by atoms with Gasteiger partial charge in [-0.2, -0.15) is 0 Å². The van der Waals surface area contributed by atoms with Crippen molar-refractivity contribution < 1.29 is 13.6 Å². The third-order valence-corrected chi connectivity index (χ3v) is 3.00. The molecule has 2 aromatic carbocycles. The largest absolute Gasteiger partial charge is 0.378 e. The average molecular weight is 290 g/mol. The van der Waals surface area contributed by atoms with Crippen molar-refractivity contribution in [2.45, 2.75) is 19.9 Å². The molecule has 21 heavy (non-hydrogen) atoms. The van der Waals surface area contributed by atoms with E-state index < -0.39 is 17.7 Å². The molecular weight excluding hydrogens is 274 g/mol. The van der Waals surface area contributed by atoms with Crippen molar-refractivity contribution in [3.8, 4) is 0 Å². The van der Waals surface area contributed by atoms with Crippen LogP contribution in [0.1, 0.15) is 25.5 Å². The van der Waals surface area contributed by atoms with Gasteiger partial charge in [0.2, 0.25) is 5.91 Å². The lowest BCUT2D eigenvalue weighted by atomic mass is 10.1. The topological polar surface area (TPSA) is 41.1 Å². The van der Waals surface area contributed by atoms with E-state index in [2.05, 4.69) is 10.6 Å². The van der Waals surface area contributed by atoms with Crippen LogP contribution in [0.4, 0.5) is 20.2 Å². The maximum Gasteiger partial charge on any atom is 0.221 e. The third-order valence-electron chi connectivity index (χ3n) is 3.00. The van der Waals surface area contributed by atoms with Gasteiger partial charge in [0.1, 0.15) is 11.6 Å². The molecule has 1 unspecified atom stereocenters. The number of hydrogen-bond acceptors (Lipinski definition) is 2. The van der Waals surface area contributed by atoms with Crippen molar-refractivity contribution in [1.82, 2.24) is 0 Å². The first kappa shape index (κ1) is 15.0. The van der Waals surface area contributed by atoms with Gasteiger partial charge in [-0.25, -0.2) is 8.78 Å². The summed E-state index contributed by atoms with van der Waals surface area (Å²) in [5.41, 5.74) is 1.27. The Kier molecular flexibility index (Phi) is 4.52. The van der Waals surface area contributed by atoms with Crippen LogP contribution >= 0.6 is 0 Å². The molecule has 0 aliphatic heterocycles. The molecule has 0 saturated carbocycles. The normalized spacial score (nSPS) is 11.8. The van der Waals surface area contributed by atoms with Crippen LogP contribution in [0.5, 0.6) is 0 Å². The summed E-state index contributed by atoms with van der Waals surface area (Å²) in [6.45, 7) is 3.09. The zero-order valence-electron chi connectivity index (χ0n) is 11.8. The van der Waals surface area contributed by atoms with Crippen molar-refractivity contribution in [2.24, 2.45) is 0 Å². The van der Waals surface area contributed by atoms with Crippen LogP contribution in [0.3, 0.4) is 0 Å². The minimum atomic E-state index is -0.590. The van der Waals surface area contributed by atoms with E-state index in [1.54, 1.807) is 31.2 Å². The molecule has 2 aromatic rings. The molecule has 110 valence electrons. The SMILES string of the molecule is CC(=O)Nc1cccc(NC(C)c2c(F)cccc2F)c1. The minimum Gasteiger partial charge on any atom is -0.378 e. The van der Waals surface area contributed by atoms with Gasteiger partial charge < -0.3 is 10.6 Å². The Balaban J connectivity index is 2.19. The number of nitrogens with one attached hydrogen (secondary N) is 2. The van der Waals surface area contributed by atoms with E-state index in [-0.39, 0.29) is 11.5 Å². The number of rotatable bonds is 4. The standard InChI is InChI=1S/C16H16F2N2O/c1-10(16-14(17)7-4-8-15(16)18)19-12-5-3-6-13(9-12)20-11(2)21/h3-10,19H,1-2H3,(H,20,21). The molecule has 2 rings (SSSR count). The molecule has 0 aromatic heterocycles. The van der Waals surface area contributed by atoms with Gasteiger partial charge in [0.05, 0.1) is 6.04 Å².